The second kappa shape index (κ2) is 5.35. The third-order valence-corrected chi connectivity index (χ3v) is 2.77. The molecule has 0 N–H and O–H groups in total. The standard InChI is InChI=1S/C10H11N3O7/c1-3(14)17-6-5-7(18-4(2)15)9(12-13-11)19-8(6)10(16)20-5/h5-9H,1-2H3/t5-,6-,7+,8-,9+/m0/s1. The van der Waals surface area contributed by atoms with Crippen LogP contribution >= 0.6 is 0 Å². The third kappa shape index (κ3) is 2.51. The SMILES string of the molecule is CC(=O)O[C@@H]1[C@H]2OC(=O)[C@@H](O[C@H]1N=[N+]=[N-])[C@H]2OC(C)=O. The van der Waals surface area contributed by atoms with Crippen LogP contribution in [0.15, 0.2) is 5.11 Å². The summed E-state index contributed by atoms with van der Waals surface area (Å²) in [4.78, 5) is 36.3. The van der Waals surface area contributed by atoms with Crippen LogP contribution in [-0.2, 0) is 33.3 Å². The average molecular weight is 285 g/mol. The normalized spacial score (nSPS) is 34.7. The van der Waals surface area contributed by atoms with Gasteiger partial charge in [0.05, 0.1) is 0 Å². The molecule has 0 aliphatic carbocycles. The van der Waals surface area contributed by atoms with Crippen LogP contribution in [0.4, 0.5) is 0 Å². The molecule has 2 rings (SSSR count). The highest BCUT2D eigenvalue weighted by Crippen LogP contribution is 2.35. The summed E-state index contributed by atoms with van der Waals surface area (Å²) in [5.74, 6) is -2.09. The molecule has 5 atom stereocenters. The molecule has 0 saturated carbocycles. The van der Waals surface area contributed by atoms with Crippen LogP contribution in [-0.4, -0.2) is 48.6 Å². The van der Waals surface area contributed by atoms with Crippen molar-refractivity contribution in [2.75, 3.05) is 0 Å². The van der Waals surface area contributed by atoms with Crippen molar-refractivity contribution in [1.29, 1.82) is 0 Å². The molecular formula is C10H11N3O7. The van der Waals surface area contributed by atoms with Gasteiger partial charge in [-0.05, 0) is 5.53 Å². The van der Waals surface area contributed by atoms with Gasteiger partial charge in [-0.1, -0.05) is 5.11 Å². The monoisotopic (exact) mass is 285 g/mol. The number of hydrogen-bond donors (Lipinski definition) is 0. The molecular weight excluding hydrogens is 274 g/mol. The Hall–Kier alpha value is -2.32. The molecule has 0 aromatic heterocycles. The van der Waals surface area contributed by atoms with Crippen molar-refractivity contribution in [2.45, 2.75) is 44.5 Å². The van der Waals surface area contributed by atoms with Gasteiger partial charge in [-0.2, -0.15) is 0 Å². The summed E-state index contributed by atoms with van der Waals surface area (Å²) in [6, 6.07) is 0. The Balaban J connectivity index is 2.30. The fourth-order valence-electron chi connectivity index (χ4n) is 2.13. The van der Waals surface area contributed by atoms with Gasteiger partial charge in [0.2, 0.25) is 0 Å². The molecule has 2 fully saturated rings. The van der Waals surface area contributed by atoms with Crippen molar-refractivity contribution < 1.29 is 33.3 Å². The maximum Gasteiger partial charge on any atom is 0.339 e. The number of ether oxygens (including phenoxy) is 4. The van der Waals surface area contributed by atoms with Crippen LogP contribution in [0.5, 0.6) is 0 Å². The van der Waals surface area contributed by atoms with Gasteiger partial charge >= 0.3 is 17.9 Å². The minimum absolute atomic E-state index is 0.643. The minimum Gasteiger partial charge on any atom is -0.455 e. The lowest BCUT2D eigenvalue weighted by Crippen LogP contribution is -2.55. The Morgan fingerprint density at radius 3 is 2.40 bits per heavy atom. The zero-order chi connectivity index (χ0) is 14.9. The lowest BCUT2D eigenvalue weighted by Gasteiger charge is -2.35. The van der Waals surface area contributed by atoms with E-state index in [2.05, 4.69) is 10.0 Å². The second-order valence-electron chi connectivity index (χ2n) is 4.20. The van der Waals surface area contributed by atoms with E-state index in [0.29, 0.717) is 0 Å². The molecule has 0 aromatic carbocycles. The Kier molecular flexibility index (Phi) is 3.77. The summed E-state index contributed by atoms with van der Waals surface area (Å²) in [7, 11) is 0. The summed E-state index contributed by atoms with van der Waals surface area (Å²) in [5, 5.41) is 3.32. The maximum atomic E-state index is 11.6. The first kappa shape index (κ1) is 14.1. The Labute approximate surface area is 112 Å². The van der Waals surface area contributed by atoms with Crippen molar-refractivity contribution in [2.24, 2.45) is 5.11 Å². The molecule has 2 bridgehead atoms. The van der Waals surface area contributed by atoms with E-state index in [-0.39, 0.29) is 0 Å². The predicted molar refractivity (Wildman–Crippen MR) is 58.8 cm³/mol. The van der Waals surface area contributed by atoms with Gasteiger partial charge in [-0.3, -0.25) is 9.59 Å². The van der Waals surface area contributed by atoms with Crippen LogP contribution in [0.1, 0.15) is 13.8 Å². The third-order valence-electron chi connectivity index (χ3n) is 2.77. The van der Waals surface area contributed by atoms with E-state index in [1.807, 2.05) is 0 Å². The summed E-state index contributed by atoms with van der Waals surface area (Å²) in [5.41, 5.74) is 8.47. The molecule has 10 nitrogen and oxygen atoms in total. The van der Waals surface area contributed by atoms with E-state index >= 15 is 0 Å². The topological polar surface area (TPSA) is 137 Å². The van der Waals surface area contributed by atoms with Crippen LogP contribution < -0.4 is 0 Å². The van der Waals surface area contributed by atoms with E-state index in [0.717, 1.165) is 13.8 Å². The van der Waals surface area contributed by atoms with Gasteiger partial charge in [0.1, 0.15) is 0 Å². The van der Waals surface area contributed by atoms with E-state index < -0.39 is 48.6 Å². The summed E-state index contributed by atoms with van der Waals surface area (Å²) in [6.45, 7) is 2.29. The van der Waals surface area contributed by atoms with Gasteiger partial charge in [0.25, 0.3) is 0 Å². The highest BCUT2D eigenvalue weighted by atomic mass is 16.7. The van der Waals surface area contributed by atoms with Gasteiger partial charge in [0.15, 0.2) is 30.6 Å². The summed E-state index contributed by atoms with van der Waals surface area (Å²) in [6.07, 6.45) is -5.71. The molecule has 0 radical (unpaired) electrons. The van der Waals surface area contributed by atoms with Gasteiger partial charge in [-0.25, -0.2) is 4.79 Å². The molecule has 2 aliphatic heterocycles. The molecule has 0 unspecified atom stereocenters. The largest absolute Gasteiger partial charge is 0.455 e. The number of esters is 3. The number of rotatable bonds is 3. The zero-order valence-corrected chi connectivity index (χ0v) is 10.6. The van der Waals surface area contributed by atoms with Gasteiger partial charge < -0.3 is 18.9 Å². The fraction of sp³-hybridized carbons (Fsp3) is 0.700. The molecule has 20 heavy (non-hydrogen) atoms. The van der Waals surface area contributed by atoms with Crippen LogP contribution in [0.2, 0.25) is 0 Å². The Morgan fingerprint density at radius 2 is 1.85 bits per heavy atom. The highest BCUT2D eigenvalue weighted by molar-refractivity contribution is 5.80. The number of carbonyl (C=O) groups excluding carboxylic acids is 3. The van der Waals surface area contributed by atoms with Crippen LogP contribution in [0.3, 0.4) is 0 Å². The maximum absolute atomic E-state index is 11.6. The van der Waals surface area contributed by atoms with Gasteiger partial charge in [0, 0.05) is 18.8 Å². The first-order valence-corrected chi connectivity index (χ1v) is 5.68. The Bertz CT molecular complexity index is 501. The first-order chi connectivity index (χ1) is 9.43. The van der Waals surface area contributed by atoms with Crippen molar-refractivity contribution in [3.63, 3.8) is 0 Å². The van der Waals surface area contributed by atoms with Gasteiger partial charge in [-0.15, -0.1) is 0 Å². The molecule has 2 saturated heterocycles. The lowest BCUT2D eigenvalue weighted by atomic mass is 10.0. The number of azide groups is 1. The van der Waals surface area contributed by atoms with Crippen molar-refractivity contribution in [1.82, 2.24) is 0 Å². The van der Waals surface area contributed by atoms with Crippen molar-refractivity contribution in [3.8, 4) is 0 Å². The van der Waals surface area contributed by atoms with E-state index in [1.54, 1.807) is 0 Å². The first-order valence-electron chi connectivity index (χ1n) is 5.68. The lowest BCUT2D eigenvalue weighted by molar-refractivity contribution is -0.203. The van der Waals surface area contributed by atoms with E-state index in [1.165, 1.54) is 0 Å². The fourth-order valence-corrected chi connectivity index (χ4v) is 2.13. The number of nitrogens with zero attached hydrogens (tertiary/aromatic N) is 3. The number of fused-ring (bicyclic) bond motifs is 2. The zero-order valence-electron chi connectivity index (χ0n) is 10.6. The molecule has 2 aliphatic rings. The number of carbonyl (C=O) groups is 3. The quantitative estimate of drug-likeness (QED) is 0.230. The van der Waals surface area contributed by atoms with E-state index in [4.69, 9.17) is 24.5 Å². The smallest absolute Gasteiger partial charge is 0.339 e. The Morgan fingerprint density at radius 1 is 1.25 bits per heavy atom. The minimum atomic E-state index is -1.22. The predicted octanol–water partition coefficient (Wildman–Crippen LogP) is -0.190. The average Bonchev–Trinajstić information content (AvgIpc) is 2.55. The number of hydrogen-bond acceptors (Lipinski definition) is 8. The second-order valence-corrected chi connectivity index (χ2v) is 4.20. The van der Waals surface area contributed by atoms with Crippen molar-refractivity contribution >= 4 is 17.9 Å². The van der Waals surface area contributed by atoms with E-state index in [9.17, 15) is 14.4 Å². The molecule has 0 aromatic rings. The molecule has 108 valence electrons. The van der Waals surface area contributed by atoms with Crippen LogP contribution in [0.25, 0.3) is 10.4 Å². The van der Waals surface area contributed by atoms with Crippen LogP contribution in [0, 0.1) is 0 Å². The van der Waals surface area contributed by atoms with Crippen molar-refractivity contribution in [3.05, 3.63) is 10.4 Å². The summed E-state index contributed by atoms with van der Waals surface area (Å²) >= 11 is 0. The molecule has 2 heterocycles. The molecule has 0 amide bonds. The molecule has 10 heteroatoms. The highest BCUT2D eigenvalue weighted by Gasteiger charge is 2.59. The summed E-state index contributed by atoms with van der Waals surface area (Å²) < 4.78 is 20.1. The molecule has 0 spiro atoms.